The van der Waals surface area contributed by atoms with Gasteiger partial charge in [-0.3, -0.25) is 9.59 Å². The second-order valence-corrected chi connectivity index (χ2v) is 6.36. The molecule has 21 heavy (non-hydrogen) atoms. The summed E-state index contributed by atoms with van der Waals surface area (Å²) in [6.07, 6.45) is -0.0206. The van der Waals surface area contributed by atoms with Gasteiger partial charge >= 0.3 is 6.09 Å². The van der Waals surface area contributed by atoms with Crippen LogP contribution < -0.4 is 0 Å². The third-order valence-corrected chi connectivity index (χ3v) is 4.76. The predicted molar refractivity (Wildman–Crippen MR) is 74.1 cm³/mol. The van der Waals surface area contributed by atoms with Crippen LogP contribution in [0.3, 0.4) is 0 Å². The number of ether oxygens (including phenoxy) is 1. The SMILES string of the molecule is Cc1nc(C)c(C(=O)N2CCC(N3C(=O)COC3=O)C2)s1. The Bertz CT molecular complexity index is 611. The number of thiazole rings is 1. The number of carbonyl (C=O) groups is 3. The summed E-state index contributed by atoms with van der Waals surface area (Å²) >= 11 is 1.37. The van der Waals surface area contributed by atoms with E-state index in [0.29, 0.717) is 24.4 Å². The predicted octanol–water partition coefficient (Wildman–Crippen LogP) is 0.953. The van der Waals surface area contributed by atoms with Crippen LogP contribution in [0.5, 0.6) is 0 Å². The van der Waals surface area contributed by atoms with Crippen molar-refractivity contribution >= 4 is 29.2 Å². The Kier molecular flexibility index (Phi) is 3.40. The summed E-state index contributed by atoms with van der Waals surface area (Å²) in [6, 6.07) is -0.286. The Morgan fingerprint density at radius 2 is 2.14 bits per heavy atom. The minimum Gasteiger partial charge on any atom is -0.439 e. The van der Waals surface area contributed by atoms with Gasteiger partial charge in [-0.25, -0.2) is 14.7 Å². The molecule has 1 aromatic heterocycles. The van der Waals surface area contributed by atoms with Crippen molar-refractivity contribution in [3.05, 3.63) is 15.6 Å². The third-order valence-electron chi connectivity index (χ3n) is 3.70. The second-order valence-electron chi connectivity index (χ2n) is 5.16. The minimum absolute atomic E-state index is 0.0828. The molecule has 3 heterocycles. The molecule has 1 aromatic rings. The van der Waals surface area contributed by atoms with Crippen molar-refractivity contribution in [1.29, 1.82) is 0 Å². The molecule has 0 N–H and O–H groups in total. The zero-order valence-electron chi connectivity index (χ0n) is 11.8. The molecule has 7 nitrogen and oxygen atoms in total. The standard InChI is InChI=1S/C13H15N3O4S/c1-7-11(21-8(2)14-7)12(18)15-4-3-9(5-15)16-10(17)6-20-13(16)19/h9H,3-6H2,1-2H3. The van der Waals surface area contributed by atoms with Gasteiger partial charge < -0.3 is 9.64 Å². The molecule has 1 atom stereocenters. The van der Waals surface area contributed by atoms with Gasteiger partial charge in [-0.1, -0.05) is 0 Å². The maximum Gasteiger partial charge on any atom is 0.417 e. The Hall–Kier alpha value is -1.96. The quantitative estimate of drug-likeness (QED) is 0.812. The average molecular weight is 309 g/mol. The molecule has 0 radical (unpaired) electrons. The van der Waals surface area contributed by atoms with Crippen LogP contribution in [-0.4, -0.2) is 58.4 Å². The van der Waals surface area contributed by atoms with Crippen molar-refractivity contribution in [3.63, 3.8) is 0 Å². The summed E-state index contributed by atoms with van der Waals surface area (Å²) in [5.74, 6) is -0.412. The fourth-order valence-electron chi connectivity index (χ4n) is 2.73. The van der Waals surface area contributed by atoms with Gasteiger partial charge in [0, 0.05) is 13.1 Å². The molecule has 0 aliphatic carbocycles. The average Bonchev–Trinajstić information content (AvgIpc) is 3.10. The van der Waals surface area contributed by atoms with E-state index in [-0.39, 0.29) is 24.5 Å². The number of rotatable bonds is 2. The lowest BCUT2D eigenvalue weighted by atomic mass is 10.2. The van der Waals surface area contributed by atoms with Crippen LogP contribution in [0.1, 0.15) is 26.8 Å². The Balaban J connectivity index is 1.72. The molecule has 2 fully saturated rings. The van der Waals surface area contributed by atoms with Crippen LogP contribution in [0, 0.1) is 13.8 Å². The highest BCUT2D eigenvalue weighted by Gasteiger charge is 2.41. The number of aromatic nitrogens is 1. The molecule has 1 unspecified atom stereocenters. The topological polar surface area (TPSA) is 79.8 Å². The highest BCUT2D eigenvalue weighted by Crippen LogP contribution is 2.24. The molecule has 3 amide bonds. The summed E-state index contributed by atoms with van der Waals surface area (Å²) in [5, 5.41) is 0.852. The lowest BCUT2D eigenvalue weighted by molar-refractivity contribution is -0.127. The van der Waals surface area contributed by atoms with E-state index in [0.717, 1.165) is 15.6 Å². The molecule has 0 aromatic carbocycles. The van der Waals surface area contributed by atoms with E-state index >= 15 is 0 Å². The molecule has 2 aliphatic rings. The van der Waals surface area contributed by atoms with Crippen molar-refractivity contribution < 1.29 is 19.1 Å². The van der Waals surface area contributed by atoms with E-state index < -0.39 is 6.09 Å². The zero-order chi connectivity index (χ0) is 15.1. The van der Waals surface area contributed by atoms with E-state index in [2.05, 4.69) is 4.98 Å². The van der Waals surface area contributed by atoms with Gasteiger partial charge in [-0.2, -0.15) is 0 Å². The summed E-state index contributed by atoms with van der Waals surface area (Å²) in [4.78, 5) is 43.4. The maximum atomic E-state index is 12.5. The summed E-state index contributed by atoms with van der Waals surface area (Å²) < 4.78 is 4.72. The second kappa shape index (κ2) is 5.10. The molecule has 2 aliphatic heterocycles. The van der Waals surface area contributed by atoms with Crippen LogP contribution in [0.4, 0.5) is 4.79 Å². The Morgan fingerprint density at radius 3 is 2.71 bits per heavy atom. The van der Waals surface area contributed by atoms with Crippen LogP contribution in [0.15, 0.2) is 0 Å². The Morgan fingerprint density at radius 1 is 1.38 bits per heavy atom. The molecule has 8 heteroatoms. The molecule has 2 saturated heterocycles. The molecule has 3 rings (SSSR count). The highest BCUT2D eigenvalue weighted by molar-refractivity contribution is 7.13. The first-order valence-electron chi connectivity index (χ1n) is 6.69. The number of hydrogen-bond acceptors (Lipinski definition) is 6. The number of nitrogens with zero attached hydrogens (tertiary/aromatic N) is 3. The van der Waals surface area contributed by atoms with Gasteiger partial charge in [-0.05, 0) is 20.3 Å². The van der Waals surface area contributed by atoms with Gasteiger partial charge in [0.1, 0.15) is 4.88 Å². The van der Waals surface area contributed by atoms with Gasteiger partial charge in [-0.15, -0.1) is 11.3 Å². The van der Waals surface area contributed by atoms with Crippen LogP contribution in [0.2, 0.25) is 0 Å². The summed E-state index contributed by atoms with van der Waals surface area (Å²) in [7, 11) is 0. The summed E-state index contributed by atoms with van der Waals surface area (Å²) in [5.41, 5.74) is 0.725. The van der Waals surface area contributed by atoms with Gasteiger partial charge in [0.2, 0.25) is 0 Å². The lowest BCUT2D eigenvalue weighted by Gasteiger charge is -2.20. The largest absolute Gasteiger partial charge is 0.439 e. The number of likely N-dealkylation sites (tertiary alicyclic amines) is 1. The van der Waals surface area contributed by atoms with Gasteiger partial charge in [0.25, 0.3) is 11.8 Å². The number of aryl methyl sites for hydroxylation is 2. The van der Waals surface area contributed by atoms with Crippen LogP contribution in [-0.2, 0) is 9.53 Å². The third kappa shape index (κ3) is 2.39. The summed E-state index contributed by atoms with van der Waals surface area (Å²) in [6.45, 7) is 4.36. The zero-order valence-corrected chi connectivity index (χ0v) is 12.6. The monoisotopic (exact) mass is 309 g/mol. The Labute approximate surface area is 125 Å². The van der Waals surface area contributed by atoms with Crippen molar-refractivity contribution in [1.82, 2.24) is 14.8 Å². The smallest absolute Gasteiger partial charge is 0.417 e. The number of imide groups is 1. The molecular formula is C13H15N3O4S. The van der Waals surface area contributed by atoms with Gasteiger partial charge in [0.15, 0.2) is 6.61 Å². The van der Waals surface area contributed by atoms with E-state index in [1.165, 1.54) is 11.3 Å². The van der Waals surface area contributed by atoms with E-state index in [4.69, 9.17) is 4.74 Å². The first kappa shape index (κ1) is 14.0. The van der Waals surface area contributed by atoms with Crippen molar-refractivity contribution in [2.45, 2.75) is 26.3 Å². The highest BCUT2D eigenvalue weighted by atomic mass is 32.1. The van der Waals surface area contributed by atoms with E-state index in [1.54, 1.807) is 4.90 Å². The molecular weight excluding hydrogens is 294 g/mol. The number of hydrogen-bond donors (Lipinski definition) is 0. The normalized spacial score (nSPS) is 22.1. The maximum absolute atomic E-state index is 12.5. The lowest BCUT2D eigenvalue weighted by Crippen LogP contribution is -2.42. The minimum atomic E-state index is -0.607. The number of carbonyl (C=O) groups excluding carboxylic acids is 3. The number of amides is 3. The van der Waals surface area contributed by atoms with Crippen molar-refractivity contribution in [2.24, 2.45) is 0 Å². The van der Waals surface area contributed by atoms with Crippen molar-refractivity contribution in [3.8, 4) is 0 Å². The van der Waals surface area contributed by atoms with Gasteiger partial charge in [0.05, 0.1) is 16.7 Å². The fourth-order valence-corrected chi connectivity index (χ4v) is 3.62. The van der Waals surface area contributed by atoms with Crippen molar-refractivity contribution in [2.75, 3.05) is 19.7 Å². The molecule has 0 bridgehead atoms. The first-order chi connectivity index (χ1) is 9.97. The molecule has 0 saturated carbocycles. The molecule has 0 spiro atoms. The number of cyclic esters (lactones) is 1. The van der Waals surface area contributed by atoms with E-state index in [9.17, 15) is 14.4 Å². The van der Waals surface area contributed by atoms with Crippen LogP contribution in [0.25, 0.3) is 0 Å². The first-order valence-corrected chi connectivity index (χ1v) is 7.51. The molecule has 112 valence electrons. The fraction of sp³-hybridized carbons (Fsp3) is 0.538. The van der Waals surface area contributed by atoms with Crippen LogP contribution >= 0.6 is 11.3 Å². The van der Waals surface area contributed by atoms with E-state index in [1.807, 2.05) is 13.8 Å².